The molecular formula is C14H17OP. The van der Waals surface area contributed by atoms with Gasteiger partial charge in [-0.15, -0.1) is 0 Å². The second-order valence-corrected chi connectivity index (χ2v) is 9.86. The first-order valence-corrected chi connectivity index (χ1v) is 8.45. The molecule has 2 aromatic carbocycles. The van der Waals surface area contributed by atoms with Crippen LogP contribution < -0.4 is 10.6 Å². The van der Waals surface area contributed by atoms with Gasteiger partial charge in [-0.05, 0) is 0 Å². The van der Waals surface area contributed by atoms with Crippen LogP contribution in [0.25, 0.3) is 0 Å². The summed E-state index contributed by atoms with van der Waals surface area (Å²) in [5, 5.41) is 2.06. The minimum absolute atomic E-state index is 1.03. The zero-order valence-corrected chi connectivity index (χ0v) is 10.6. The molecule has 1 N–H and O–H groups in total. The normalized spacial score (nSPS) is 14.1. The van der Waals surface area contributed by atoms with E-state index in [9.17, 15) is 4.89 Å². The SMILES string of the molecule is CP(C)(O)(c1ccccc1)c1ccccc1. The van der Waals surface area contributed by atoms with E-state index < -0.39 is 6.83 Å². The zero-order valence-electron chi connectivity index (χ0n) is 9.67. The molecular weight excluding hydrogens is 215 g/mol. The summed E-state index contributed by atoms with van der Waals surface area (Å²) in [6.07, 6.45) is 0. The Morgan fingerprint density at radius 2 is 1.00 bits per heavy atom. The molecule has 0 aliphatic carbocycles. The van der Waals surface area contributed by atoms with Gasteiger partial charge >= 0.3 is 96.3 Å². The second kappa shape index (κ2) is 3.69. The summed E-state index contributed by atoms with van der Waals surface area (Å²) in [6, 6.07) is 19.9. The van der Waals surface area contributed by atoms with E-state index in [1.165, 1.54) is 0 Å². The number of benzene rings is 2. The minimum atomic E-state index is -2.93. The van der Waals surface area contributed by atoms with Gasteiger partial charge in [-0.2, -0.15) is 0 Å². The predicted octanol–water partition coefficient (Wildman–Crippen LogP) is 2.36. The molecule has 0 heterocycles. The maximum absolute atomic E-state index is 11.1. The van der Waals surface area contributed by atoms with Gasteiger partial charge < -0.3 is 0 Å². The van der Waals surface area contributed by atoms with E-state index in [2.05, 4.69) is 0 Å². The summed E-state index contributed by atoms with van der Waals surface area (Å²) in [4.78, 5) is 11.1. The fourth-order valence-electron chi connectivity index (χ4n) is 1.88. The molecule has 0 atom stereocenters. The average molecular weight is 232 g/mol. The quantitative estimate of drug-likeness (QED) is 0.788. The van der Waals surface area contributed by atoms with Crippen molar-refractivity contribution in [2.45, 2.75) is 0 Å². The van der Waals surface area contributed by atoms with Crippen LogP contribution in [0.1, 0.15) is 0 Å². The van der Waals surface area contributed by atoms with Crippen LogP contribution in [-0.4, -0.2) is 18.2 Å². The van der Waals surface area contributed by atoms with Crippen molar-refractivity contribution in [3.63, 3.8) is 0 Å². The average Bonchev–Trinajstić information content (AvgIpc) is 2.31. The van der Waals surface area contributed by atoms with Crippen LogP contribution in [0, 0.1) is 0 Å². The molecule has 0 unspecified atom stereocenters. The summed E-state index contributed by atoms with van der Waals surface area (Å²) >= 11 is 0. The second-order valence-electron chi connectivity index (χ2n) is 4.72. The summed E-state index contributed by atoms with van der Waals surface area (Å²) in [5.74, 6) is 0. The van der Waals surface area contributed by atoms with E-state index in [1.54, 1.807) is 0 Å². The van der Waals surface area contributed by atoms with Gasteiger partial charge in [0.2, 0.25) is 0 Å². The van der Waals surface area contributed by atoms with Crippen LogP contribution in [0.4, 0.5) is 0 Å². The monoisotopic (exact) mass is 232 g/mol. The summed E-state index contributed by atoms with van der Waals surface area (Å²) < 4.78 is 0. The predicted molar refractivity (Wildman–Crippen MR) is 73.1 cm³/mol. The summed E-state index contributed by atoms with van der Waals surface area (Å²) in [5.41, 5.74) is 0. The van der Waals surface area contributed by atoms with Crippen molar-refractivity contribution in [1.82, 2.24) is 0 Å². The van der Waals surface area contributed by atoms with E-state index in [1.807, 2.05) is 74.0 Å². The van der Waals surface area contributed by atoms with Crippen LogP contribution in [0.3, 0.4) is 0 Å². The first-order valence-electron chi connectivity index (χ1n) is 5.36. The molecule has 84 valence electrons. The molecule has 2 rings (SSSR count). The van der Waals surface area contributed by atoms with Gasteiger partial charge in [0.25, 0.3) is 0 Å². The molecule has 16 heavy (non-hydrogen) atoms. The van der Waals surface area contributed by atoms with Gasteiger partial charge in [-0.1, -0.05) is 0 Å². The van der Waals surface area contributed by atoms with Crippen molar-refractivity contribution < 1.29 is 4.89 Å². The van der Waals surface area contributed by atoms with Crippen molar-refractivity contribution in [1.29, 1.82) is 0 Å². The van der Waals surface area contributed by atoms with E-state index in [4.69, 9.17) is 0 Å². The van der Waals surface area contributed by atoms with Crippen molar-refractivity contribution in [3.05, 3.63) is 60.7 Å². The Kier molecular flexibility index (Phi) is 2.61. The Labute approximate surface area is 96.8 Å². The third kappa shape index (κ3) is 1.89. The van der Waals surface area contributed by atoms with Gasteiger partial charge in [-0.25, -0.2) is 0 Å². The number of hydrogen-bond donors (Lipinski definition) is 1. The molecule has 0 amide bonds. The van der Waals surface area contributed by atoms with Gasteiger partial charge in [0.15, 0.2) is 0 Å². The van der Waals surface area contributed by atoms with Crippen LogP contribution in [0.2, 0.25) is 0 Å². The molecule has 0 fully saturated rings. The summed E-state index contributed by atoms with van der Waals surface area (Å²) in [6.45, 7) is 1.00. The molecule has 0 saturated carbocycles. The molecule has 0 radical (unpaired) electrons. The van der Waals surface area contributed by atoms with Crippen LogP contribution in [0.15, 0.2) is 60.7 Å². The van der Waals surface area contributed by atoms with E-state index >= 15 is 0 Å². The first kappa shape index (κ1) is 11.3. The molecule has 0 aliphatic heterocycles. The topological polar surface area (TPSA) is 20.2 Å². The fraction of sp³-hybridized carbons (Fsp3) is 0.143. The molecule has 0 aliphatic rings. The zero-order chi connectivity index (χ0) is 11.7. The van der Waals surface area contributed by atoms with Crippen LogP contribution >= 0.6 is 6.83 Å². The number of rotatable bonds is 2. The van der Waals surface area contributed by atoms with Crippen molar-refractivity contribution in [2.75, 3.05) is 13.3 Å². The molecule has 0 aromatic heterocycles. The van der Waals surface area contributed by atoms with Crippen molar-refractivity contribution >= 4 is 17.4 Å². The first-order chi connectivity index (χ1) is 7.49. The standard InChI is InChI=1S/C14H17OP/c1-16(2,15,13-9-5-3-6-10-13)14-11-7-4-8-12-14/h3-12,15H,1-2H3. The van der Waals surface area contributed by atoms with Gasteiger partial charge in [0.1, 0.15) is 0 Å². The van der Waals surface area contributed by atoms with E-state index in [0.717, 1.165) is 10.6 Å². The van der Waals surface area contributed by atoms with Crippen LogP contribution in [-0.2, 0) is 0 Å². The summed E-state index contributed by atoms with van der Waals surface area (Å²) in [7, 11) is 0. The Balaban J connectivity index is 2.60. The molecule has 0 spiro atoms. The fourth-order valence-corrected chi connectivity index (χ4v) is 4.28. The number of hydrogen-bond acceptors (Lipinski definition) is 1. The van der Waals surface area contributed by atoms with Crippen LogP contribution in [0.5, 0.6) is 0 Å². The third-order valence-corrected chi connectivity index (χ3v) is 6.67. The van der Waals surface area contributed by atoms with Crippen molar-refractivity contribution in [2.24, 2.45) is 0 Å². The van der Waals surface area contributed by atoms with E-state index in [0.29, 0.717) is 0 Å². The Hall–Kier alpha value is -1.17. The van der Waals surface area contributed by atoms with Gasteiger partial charge in [0, 0.05) is 0 Å². The Morgan fingerprint density at radius 1 is 0.688 bits per heavy atom. The Morgan fingerprint density at radius 3 is 1.31 bits per heavy atom. The molecule has 0 saturated heterocycles. The van der Waals surface area contributed by atoms with Gasteiger partial charge in [-0.3, -0.25) is 0 Å². The van der Waals surface area contributed by atoms with E-state index in [-0.39, 0.29) is 0 Å². The van der Waals surface area contributed by atoms with Crippen molar-refractivity contribution in [3.8, 4) is 0 Å². The molecule has 0 bridgehead atoms. The third-order valence-electron chi connectivity index (χ3n) is 3.03. The molecule has 1 nitrogen and oxygen atoms in total. The van der Waals surface area contributed by atoms with Gasteiger partial charge in [0.05, 0.1) is 0 Å². The maximum atomic E-state index is 11.1. The Bertz CT molecular complexity index is 425. The molecule has 2 heteroatoms. The molecule has 2 aromatic rings.